The predicted octanol–water partition coefficient (Wildman–Crippen LogP) is -1.57. The van der Waals surface area contributed by atoms with Crippen LogP contribution in [0.3, 0.4) is 0 Å². The number of nitrogens with zero attached hydrogens (tertiary/aromatic N) is 2. The maximum atomic E-state index is 11.7. The van der Waals surface area contributed by atoms with Gasteiger partial charge in [0.15, 0.2) is 0 Å². The molecule has 0 radical (unpaired) electrons. The lowest BCUT2D eigenvalue weighted by Gasteiger charge is -2.32. The van der Waals surface area contributed by atoms with Gasteiger partial charge < -0.3 is 10.5 Å². The highest BCUT2D eigenvalue weighted by molar-refractivity contribution is 7.86. The van der Waals surface area contributed by atoms with E-state index in [4.69, 9.17) is 15.9 Å². The summed E-state index contributed by atoms with van der Waals surface area (Å²) in [6.45, 7) is 0.664. The van der Waals surface area contributed by atoms with Crippen molar-refractivity contribution in [3.63, 3.8) is 0 Å². The molecule has 3 N–H and O–H groups in total. The van der Waals surface area contributed by atoms with E-state index in [2.05, 4.69) is 0 Å². The Balaban J connectivity index is 2.77. The molecule has 0 aliphatic carbocycles. The summed E-state index contributed by atoms with van der Waals surface area (Å²) >= 11 is 0. The predicted molar refractivity (Wildman–Crippen MR) is 55.8 cm³/mol. The molecule has 1 fully saturated rings. The van der Waals surface area contributed by atoms with Gasteiger partial charge in [-0.05, 0) is 0 Å². The summed E-state index contributed by atoms with van der Waals surface area (Å²) < 4.78 is 31.0. The molecule has 1 atom stereocenters. The second kappa shape index (κ2) is 4.44. The molecule has 0 aromatic heterocycles. The summed E-state index contributed by atoms with van der Waals surface area (Å²) in [5.41, 5.74) is 5.27. The molecule has 0 amide bonds. The monoisotopic (exact) mass is 236 g/mol. The largest absolute Gasteiger partial charge is 0.385 e. The Morgan fingerprint density at radius 2 is 2.20 bits per heavy atom. The minimum atomic E-state index is -3.43. The highest BCUT2D eigenvalue weighted by Gasteiger charge is 2.31. The van der Waals surface area contributed by atoms with Crippen LogP contribution in [0.1, 0.15) is 0 Å². The van der Waals surface area contributed by atoms with Crippen LogP contribution in [0.4, 0.5) is 0 Å². The lowest BCUT2D eigenvalue weighted by atomic mass is 10.3. The maximum Gasteiger partial charge on any atom is 0.281 e. The van der Waals surface area contributed by atoms with Crippen LogP contribution in [-0.2, 0) is 14.9 Å². The molecule has 0 bridgehead atoms. The van der Waals surface area contributed by atoms with E-state index in [-0.39, 0.29) is 19.0 Å². The first-order valence-electron chi connectivity index (χ1n) is 4.49. The van der Waals surface area contributed by atoms with Crippen molar-refractivity contribution in [2.24, 2.45) is 5.73 Å². The highest BCUT2D eigenvalue weighted by atomic mass is 32.2. The second-order valence-electron chi connectivity index (χ2n) is 3.46. The molecule has 1 aliphatic rings. The zero-order chi connectivity index (χ0) is 11.6. The van der Waals surface area contributed by atoms with Crippen LogP contribution < -0.4 is 5.73 Å². The number of hydrogen-bond acceptors (Lipinski definition) is 4. The smallest absolute Gasteiger partial charge is 0.281 e. The Morgan fingerprint density at radius 1 is 1.60 bits per heavy atom. The minimum absolute atomic E-state index is 0.107. The van der Waals surface area contributed by atoms with E-state index < -0.39 is 16.3 Å². The van der Waals surface area contributed by atoms with Crippen LogP contribution >= 0.6 is 0 Å². The normalized spacial score (nSPS) is 24.3. The van der Waals surface area contributed by atoms with Crippen molar-refractivity contribution in [3.8, 4) is 0 Å². The topological polar surface area (TPSA) is 99.7 Å². The molecule has 0 saturated carbocycles. The van der Waals surface area contributed by atoms with Crippen LogP contribution in [-0.4, -0.2) is 62.8 Å². The van der Waals surface area contributed by atoms with Gasteiger partial charge in [-0.1, -0.05) is 0 Å². The van der Waals surface area contributed by atoms with Crippen LogP contribution in [0.2, 0.25) is 0 Å². The van der Waals surface area contributed by atoms with Crippen molar-refractivity contribution in [1.82, 2.24) is 8.61 Å². The highest BCUT2D eigenvalue weighted by Crippen LogP contribution is 2.11. The molecule has 1 unspecified atom stereocenters. The number of morpholine rings is 1. The van der Waals surface area contributed by atoms with Crippen molar-refractivity contribution in [2.75, 3.05) is 33.8 Å². The first-order valence-corrected chi connectivity index (χ1v) is 5.88. The Labute approximate surface area is 89.5 Å². The van der Waals surface area contributed by atoms with Gasteiger partial charge >= 0.3 is 0 Å². The van der Waals surface area contributed by atoms with Crippen LogP contribution in [0.5, 0.6) is 0 Å². The van der Waals surface area contributed by atoms with E-state index in [9.17, 15) is 8.42 Å². The maximum absolute atomic E-state index is 11.7. The summed E-state index contributed by atoms with van der Waals surface area (Å²) in [6, 6.07) is 0. The number of amidine groups is 1. The van der Waals surface area contributed by atoms with Gasteiger partial charge in [0.2, 0.25) is 0 Å². The summed E-state index contributed by atoms with van der Waals surface area (Å²) in [7, 11) is -0.500. The van der Waals surface area contributed by atoms with Crippen molar-refractivity contribution >= 4 is 16.0 Å². The third-order valence-electron chi connectivity index (χ3n) is 2.16. The lowest BCUT2D eigenvalue weighted by Crippen LogP contribution is -2.52. The standard InChI is InChI=1S/C7H16N4O3S/c1-10(2)15(12,13)11-3-4-14-6(5-11)7(8)9/h6H,3-5H2,1-2H3,(H3,8,9). The number of nitrogens with one attached hydrogen (secondary N) is 1. The fraction of sp³-hybridized carbons (Fsp3) is 0.857. The number of rotatable bonds is 3. The number of nitrogens with two attached hydrogens (primary N) is 1. The van der Waals surface area contributed by atoms with Crippen molar-refractivity contribution in [2.45, 2.75) is 6.10 Å². The molecule has 88 valence electrons. The van der Waals surface area contributed by atoms with Gasteiger partial charge in [0.05, 0.1) is 6.61 Å². The fourth-order valence-corrected chi connectivity index (χ4v) is 2.35. The van der Waals surface area contributed by atoms with Gasteiger partial charge in [0, 0.05) is 27.2 Å². The van der Waals surface area contributed by atoms with Crippen molar-refractivity contribution in [3.05, 3.63) is 0 Å². The number of hydrogen-bond donors (Lipinski definition) is 2. The van der Waals surface area contributed by atoms with Gasteiger partial charge in [-0.15, -0.1) is 0 Å². The Hall–Kier alpha value is -0.700. The van der Waals surface area contributed by atoms with Crippen LogP contribution in [0.15, 0.2) is 0 Å². The van der Waals surface area contributed by atoms with Crippen LogP contribution in [0, 0.1) is 5.41 Å². The molecule has 0 aromatic rings. The summed E-state index contributed by atoms with van der Waals surface area (Å²) in [4.78, 5) is 0. The zero-order valence-electron chi connectivity index (χ0n) is 8.80. The van der Waals surface area contributed by atoms with Gasteiger partial charge in [0.1, 0.15) is 11.9 Å². The lowest BCUT2D eigenvalue weighted by molar-refractivity contribution is 0.0352. The molecule has 1 heterocycles. The Bertz CT molecular complexity index is 340. The van der Waals surface area contributed by atoms with E-state index in [1.165, 1.54) is 18.4 Å². The molecule has 1 saturated heterocycles. The molecule has 7 nitrogen and oxygen atoms in total. The zero-order valence-corrected chi connectivity index (χ0v) is 9.62. The van der Waals surface area contributed by atoms with Crippen LogP contribution in [0.25, 0.3) is 0 Å². The SMILES string of the molecule is CN(C)S(=O)(=O)N1CCOC(C(=N)N)C1. The molecule has 0 spiro atoms. The van der Waals surface area contributed by atoms with E-state index in [0.29, 0.717) is 6.54 Å². The molecular formula is C7H16N4O3S. The van der Waals surface area contributed by atoms with Crippen molar-refractivity contribution in [1.29, 1.82) is 5.41 Å². The quantitative estimate of drug-likeness (QED) is 0.456. The molecule has 15 heavy (non-hydrogen) atoms. The van der Waals surface area contributed by atoms with E-state index >= 15 is 0 Å². The Morgan fingerprint density at radius 3 is 2.67 bits per heavy atom. The fourth-order valence-electron chi connectivity index (χ4n) is 1.25. The molecule has 1 rings (SSSR count). The van der Waals surface area contributed by atoms with Crippen molar-refractivity contribution < 1.29 is 13.2 Å². The van der Waals surface area contributed by atoms with E-state index in [1.54, 1.807) is 0 Å². The molecule has 8 heteroatoms. The first-order chi connectivity index (χ1) is 6.85. The average Bonchev–Trinajstić information content (AvgIpc) is 2.17. The summed E-state index contributed by atoms with van der Waals surface area (Å²) in [5, 5.41) is 7.21. The van der Waals surface area contributed by atoms with E-state index in [1.807, 2.05) is 0 Å². The summed E-state index contributed by atoms with van der Waals surface area (Å²) in [5.74, 6) is -0.145. The average molecular weight is 236 g/mol. The summed E-state index contributed by atoms with van der Waals surface area (Å²) in [6.07, 6.45) is -0.631. The molecule has 1 aliphatic heterocycles. The molecule has 0 aromatic carbocycles. The van der Waals surface area contributed by atoms with Gasteiger partial charge in [-0.3, -0.25) is 5.41 Å². The minimum Gasteiger partial charge on any atom is -0.385 e. The third-order valence-corrected chi connectivity index (χ3v) is 4.07. The van der Waals surface area contributed by atoms with Gasteiger partial charge in [-0.25, -0.2) is 0 Å². The van der Waals surface area contributed by atoms with Gasteiger partial charge in [-0.2, -0.15) is 17.0 Å². The molecular weight excluding hydrogens is 220 g/mol. The third kappa shape index (κ3) is 2.65. The first kappa shape index (κ1) is 12.4. The Kier molecular flexibility index (Phi) is 3.66. The number of ether oxygens (including phenoxy) is 1. The van der Waals surface area contributed by atoms with Gasteiger partial charge in [0.25, 0.3) is 10.2 Å². The second-order valence-corrected chi connectivity index (χ2v) is 5.61. The van der Waals surface area contributed by atoms with E-state index in [0.717, 1.165) is 4.31 Å².